The summed E-state index contributed by atoms with van der Waals surface area (Å²) < 4.78 is 0. The summed E-state index contributed by atoms with van der Waals surface area (Å²) in [6.07, 6.45) is 1.10. The van der Waals surface area contributed by atoms with Crippen molar-refractivity contribution in [3.63, 3.8) is 0 Å². The molecule has 0 atom stereocenters. The average Bonchev–Trinajstić information content (AvgIpc) is 2.59. The van der Waals surface area contributed by atoms with Gasteiger partial charge in [0.25, 0.3) is 5.91 Å². The highest BCUT2D eigenvalue weighted by Crippen LogP contribution is 2.13. The highest BCUT2D eigenvalue weighted by molar-refractivity contribution is 7.99. The van der Waals surface area contributed by atoms with Crippen LogP contribution >= 0.6 is 23.1 Å². The van der Waals surface area contributed by atoms with Crippen LogP contribution < -0.4 is 0 Å². The van der Waals surface area contributed by atoms with E-state index in [9.17, 15) is 4.79 Å². The van der Waals surface area contributed by atoms with Gasteiger partial charge < -0.3 is 4.90 Å². The molecule has 1 saturated heterocycles. The molecule has 1 fully saturated rings. The Morgan fingerprint density at radius 1 is 1.43 bits per heavy atom. The highest BCUT2D eigenvalue weighted by Gasteiger charge is 2.18. The van der Waals surface area contributed by atoms with Crippen LogP contribution in [0.1, 0.15) is 16.9 Å². The van der Waals surface area contributed by atoms with Gasteiger partial charge in [-0.25, -0.2) is 4.98 Å². The zero-order chi connectivity index (χ0) is 9.80. The molecule has 2 heterocycles. The van der Waals surface area contributed by atoms with Crippen LogP contribution in [-0.4, -0.2) is 40.4 Å². The number of carbonyl (C=O) groups is 1. The molecule has 3 nitrogen and oxygen atoms in total. The summed E-state index contributed by atoms with van der Waals surface area (Å²) in [6.45, 7) is 1.74. The lowest BCUT2D eigenvalue weighted by molar-refractivity contribution is 0.0763. The number of amides is 1. The predicted molar refractivity (Wildman–Crippen MR) is 60.0 cm³/mol. The van der Waals surface area contributed by atoms with Crippen molar-refractivity contribution in [1.82, 2.24) is 9.88 Å². The third-order valence-corrected chi connectivity index (χ3v) is 3.80. The first-order valence-corrected chi connectivity index (χ1v) is 6.73. The minimum Gasteiger partial charge on any atom is -0.336 e. The maximum atomic E-state index is 11.9. The quantitative estimate of drug-likeness (QED) is 0.734. The van der Waals surface area contributed by atoms with Gasteiger partial charge in [0, 0.05) is 24.2 Å². The van der Waals surface area contributed by atoms with Gasteiger partial charge in [-0.05, 0) is 12.2 Å². The van der Waals surface area contributed by atoms with Crippen LogP contribution in [0.5, 0.6) is 0 Å². The molecule has 0 bridgehead atoms. The summed E-state index contributed by atoms with van der Waals surface area (Å²) in [5.74, 6) is 2.31. The third kappa shape index (κ3) is 2.27. The lowest BCUT2D eigenvalue weighted by Crippen LogP contribution is -2.33. The molecule has 1 amide bonds. The van der Waals surface area contributed by atoms with E-state index in [0.29, 0.717) is 5.69 Å². The molecule has 1 aliphatic heterocycles. The number of rotatable bonds is 1. The van der Waals surface area contributed by atoms with E-state index in [1.54, 1.807) is 5.51 Å². The van der Waals surface area contributed by atoms with Crippen LogP contribution in [0.2, 0.25) is 0 Å². The largest absolute Gasteiger partial charge is 0.336 e. The number of thioether (sulfide) groups is 1. The van der Waals surface area contributed by atoms with Gasteiger partial charge in [-0.1, -0.05) is 0 Å². The van der Waals surface area contributed by atoms with Gasteiger partial charge in [0.05, 0.1) is 5.51 Å². The first-order chi connectivity index (χ1) is 6.88. The SMILES string of the molecule is O=C(c1cscn1)N1CCCSCC1. The standard InChI is InChI=1S/C9H12N2OS2/c12-9(8-6-14-7-10-8)11-2-1-4-13-5-3-11/h6-7H,1-5H2. The lowest BCUT2D eigenvalue weighted by atomic mass is 10.3. The molecule has 1 aliphatic rings. The Hall–Kier alpha value is -0.550. The Morgan fingerprint density at radius 3 is 3.14 bits per heavy atom. The molecule has 0 aromatic carbocycles. The molecule has 14 heavy (non-hydrogen) atoms. The average molecular weight is 228 g/mol. The zero-order valence-corrected chi connectivity index (χ0v) is 9.44. The molecule has 0 radical (unpaired) electrons. The second kappa shape index (κ2) is 4.79. The topological polar surface area (TPSA) is 33.2 Å². The van der Waals surface area contributed by atoms with Crippen LogP contribution in [0.3, 0.4) is 0 Å². The van der Waals surface area contributed by atoms with Crippen LogP contribution in [0.25, 0.3) is 0 Å². The van der Waals surface area contributed by atoms with Crippen LogP contribution in [0.15, 0.2) is 10.9 Å². The van der Waals surface area contributed by atoms with Crippen molar-refractivity contribution in [3.05, 3.63) is 16.6 Å². The monoisotopic (exact) mass is 228 g/mol. The van der Waals surface area contributed by atoms with E-state index >= 15 is 0 Å². The lowest BCUT2D eigenvalue weighted by Gasteiger charge is -2.18. The molecule has 0 unspecified atom stereocenters. The Balaban J connectivity index is 2.03. The van der Waals surface area contributed by atoms with E-state index in [1.807, 2.05) is 22.0 Å². The van der Waals surface area contributed by atoms with Crippen molar-refractivity contribution in [2.45, 2.75) is 6.42 Å². The van der Waals surface area contributed by atoms with E-state index < -0.39 is 0 Å². The molecule has 0 spiro atoms. The maximum absolute atomic E-state index is 11.9. The Kier molecular flexibility index (Phi) is 3.42. The summed E-state index contributed by atoms with van der Waals surface area (Å²) >= 11 is 3.40. The normalized spacial score (nSPS) is 17.9. The predicted octanol–water partition coefficient (Wildman–Crippen LogP) is 1.72. The van der Waals surface area contributed by atoms with Crippen molar-refractivity contribution in [1.29, 1.82) is 0 Å². The summed E-state index contributed by atoms with van der Waals surface area (Å²) in [6, 6.07) is 0. The van der Waals surface area contributed by atoms with Crippen molar-refractivity contribution in [2.24, 2.45) is 0 Å². The van der Waals surface area contributed by atoms with Crippen LogP contribution in [0.4, 0.5) is 0 Å². The summed E-state index contributed by atoms with van der Waals surface area (Å²) in [4.78, 5) is 17.8. The molecule has 5 heteroatoms. The van der Waals surface area contributed by atoms with Gasteiger partial charge in [-0.2, -0.15) is 11.8 Å². The van der Waals surface area contributed by atoms with E-state index in [4.69, 9.17) is 0 Å². The first-order valence-electron chi connectivity index (χ1n) is 4.63. The summed E-state index contributed by atoms with van der Waals surface area (Å²) in [5.41, 5.74) is 2.31. The van der Waals surface area contributed by atoms with Gasteiger partial charge in [0.1, 0.15) is 5.69 Å². The number of hydrogen-bond acceptors (Lipinski definition) is 4. The highest BCUT2D eigenvalue weighted by atomic mass is 32.2. The van der Waals surface area contributed by atoms with Gasteiger partial charge in [-0.3, -0.25) is 4.79 Å². The van der Waals surface area contributed by atoms with Gasteiger partial charge in [0.2, 0.25) is 0 Å². The van der Waals surface area contributed by atoms with E-state index in [2.05, 4.69) is 4.98 Å². The molecule has 0 aliphatic carbocycles. The zero-order valence-electron chi connectivity index (χ0n) is 7.81. The first kappa shape index (κ1) is 9.98. The molecule has 76 valence electrons. The molecular formula is C9H12N2OS2. The van der Waals surface area contributed by atoms with E-state index in [-0.39, 0.29) is 5.91 Å². The van der Waals surface area contributed by atoms with Crippen molar-refractivity contribution in [2.75, 3.05) is 24.6 Å². The fraction of sp³-hybridized carbons (Fsp3) is 0.556. The summed E-state index contributed by atoms with van der Waals surface area (Å²) in [7, 11) is 0. The van der Waals surface area contributed by atoms with Crippen molar-refractivity contribution in [3.8, 4) is 0 Å². The fourth-order valence-electron chi connectivity index (χ4n) is 1.43. The van der Waals surface area contributed by atoms with Gasteiger partial charge >= 0.3 is 0 Å². The molecular weight excluding hydrogens is 216 g/mol. The smallest absolute Gasteiger partial charge is 0.273 e. The van der Waals surface area contributed by atoms with Crippen molar-refractivity contribution >= 4 is 29.0 Å². The second-order valence-electron chi connectivity index (χ2n) is 3.13. The third-order valence-electron chi connectivity index (χ3n) is 2.16. The van der Waals surface area contributed by atoms with Crippen molar-refractivity contribution < 1.29 is 4.79 Å². The molecule has 0 N–H and O–H groups in total. The minimum atomic E-state index is 0.0914. The van der Waals surface area contributed by atoms with Crippen LogP contribution in [-0.2, 0) is 0 Å². The Morgan fingerprint density at radius 2 is 2.36 bits per heavy atom. The van der Waals surface area contributed by atoms with E-state index in [1.165, 1.54) is 17.1 Å². The number of carbonyl (C=O) groups excluding carboxylic acids is 1. The van der Waals surface area contributed by atoms with Gasteiger partial charge in [0.15, 0.2) is 0 Å². The summed E-state index contributed by atoms with van der Waals surface area (Å²) in [5, 5.41) is 1.82. The number of hydrogen-bond donors (Lipinski definition) is 0. The van der Waals surface area contributed by atoms with Gasteiger partial charge in [-0.15, -0.1) is 11.3 Å². The molecule has 0 saturated carbocycles. The Bertz CT molecular complexity index is 292. The second-order valence-corrected chi connectivity index (χ2v) is 5.08. The minimum absolute atomic E-state index is 0.0914. The fourth-order valence-corrected chi connectivity index (χ4v) is 2.84. The Labute approximate surface area is 91.5 Å². The molecule has 1 aromatic rings. The van der Waals surface area contributed by atoms with Crippen LogP contribution in [0, 0.1) is 0 Å². The number of nitrogens with zero attached hydrogens (tertiary/aromatic N) is 2. The number of aromatic nitrogens is 1. The molecule has 1 aromatic heterocycles. The van der Waals surface area contributed by atoms with E-state index in [0.717, 1.165) is 25.3 Å². The maximum Gasteiger partial charge on any atom is 0.273 e. The molecule has 2 rings (SSSR count). The number of thiazole rings is 1.